The van der Waals surface area contributed by atoms with E-state index in [-0.39, 0.29) is 12.5 Å². The van der Waals surface area contributed by atoms with E-state index in [9.17, 15) is 9.90 Å². The maximum Gasteiger partial charge on any atom is 0.248 e. The zero-order valence-corrected chi connectivity index (χ0v) is 14.9. The van der Waals surface area contributed by atoms with Gasteiger partial charge in [0.2, 0.25) is 5.91 Å². The molecule has 26 heavy (non-hydrogen) atoms. The van der Waals surface area contributed by atoms with Crippen molar-refractivity contribution in [2.75, 3.05) is 13.2 Å². The Balaban J connectivity index is 1.34. The molecule has 2 aliphatic rings. The van der Waals surface area contributed by atoms with Gasteiger partial charge >= 0.3 is 0 Å². The lowest BCUT2D eigenvalue weighted by Gasteiger charge is -2.20. The molecule has 1 fully saturated rings. The van der Waals surface area contributed by atoms with Crippen LogP contribution in [0, 0.1) is 5.92 Å². The molecular formula is C20H25N3O3. The molecular weight excluding hydrogens is 330 g/mol. The highest BCUT2D eigenvalue weighted by Gasteiger charge is 2.33. The molecule has 6 nitrogen and oxygen atoms in total. The van der Waals surface area contributed by atoms with Gasteiger partial charge in [0.25, 0.3) is 0 Å². The van der Waals surface area contributed by atoms with Crippen LogP contribution < -0.4 is 0 Å². The highest BCUT2D eigenvalue weighted by Crippen LogP contribution is 2.40. The average Bonchev–Trinajstić information content (AvgIpc) is 3.46. The van der Waals surface area contributed by atoms with E-state index >= 15 is 0 Å². The van der Waals surface area contributed by atoms with Crippen molar-refractivity contribution < 1.29 is 14.6 Å². The lowest BCUT2D eigenvalue weighted by molar-refractivity contribution is -0.137. The Morgan fingerprint density at radius 2 is 2.08 bits per heavy atom. The number of hydrogen-bond acceptors (Lipinski definition) is 4. The first-order chi connectivity index (χ1) is 12.7. The van der Waals surface area contributed by atoms with Crippen molar-refractivity contribution in [2.24, 2.45) is 5.92 Å². The van der Waals surface area contributed by atoms with Crippen LogP contribution >= 0.6 is 0 Å². The maximum absolute atomic E-state index is 12.5. The highest BCUT2D eigenvalue weighted by atomic mass is 16.5. The molecule has 1 aliphatic heterocycles. The van der Waals surface area contributed by atoms with E-state index in [1.54, 1.807) is 0 Å². The van der Waals surface area contributed by atoms with Crippen LogP contribution in [0.1, 0.15) is 42.3 Å². The standard InChI is InChI=1S/C20H25N3O3/c24-19(14-26-13-15-5-2-1-3-6-15)22-9-4-10-23-17(12-22)11-18(21-23)20(25)16-7-8-16/h1-3,5-6,11,16,20,25H,4,7-10,12-14H2/t20-/m1/s1. The predicted molar refractivity (Wildman–Crippen MR) is 96.0 cm³/mol. The number of aliphatic hydroxyl groups is 1. The van der Waals surface area contributed by atoms with Gasteiger partial charge in [0.1, 0.15) is 12.7 Å². The Morgan fingerprint density at radius 3 is 2.85 bits per heavy atom. The molecule has 1 N–H and O–H groups in total. The van der Waals surface area contributed by atoms with Crippen molar-refractivity contribution >= 4 is 5.91 Å². The lowest BCUT2D eigenvalue weighted by Crippen LogP contribution is -2.33. The minimum Gasteiger partial charge on any atom is -0.386 e. The quantitative estimate of drug-likeness (QED) is 0.863. The third kappa shape index (κ3) is 3.97. The Morgan fingerprint density at radius 1 is 1.27 bits per heavy atom. The summed E-state index contributed by atoms with van der Waals surface area (Å²) in [6.45, 7) is 2.54. The Hall–Kier alpha value is -2.18. The van der Waals surface area contributed by atoms with Gasteiger partial charge in [-0.15, -0.1) is 0 Å². The lowest BCUT2D eigenvalue weighted by atomic mass is 10.1. The third-order valence-corrected chi connectivity index (χ3v) is 5.09. The van der Waals surface area contributed by atoms with Crippen molar-refractivity contribution in [1.29, 1.82) is 0 Å². The number of rotatable bonds is 6. The summed E-state index contributed by atoms with van der Waals surface area (Å²) in [7, 11) is 0. The molecule has 1 saturated carbocycles. The molecule has 0 saturated heterocycles. The summed E-state index contributed by atoms with van der Waals surface area (Å²) in [5.41, 5.74) is 2.80. The first-order valence-corrected chi connectivity index (χ1v) is 9.35. The van der Waals surface area contributed by atoms with Gasteiger partial charge in [0, 0.05) is 13.1 Å². The fourth-order valence-electron chi connectivity index (χ4n) is 3.42. The van der Waals surface area contributed by atoms with Crippen LogP contribution in [0.5, 0.6) is 0 Å². The van der Waals surface area contributed by atoms with Crippen LogP contribution in [-0.4, -0.2) is 38.8 Å². The molecule has 0 unspecified atom stereocenters. The number of carbonyl (C=O) groups is 1. The van der Waals surface area contributed by atoms with Crippen LogP contribution in [0.15, 0.2) is 36.4 Å². The summed E-state index contributed by atoms with van der Waals surface area (Å²) in [6, 6.07) is 11.8. The van der Waals surface area contributed by atoms with Crippen molar-refractivity contribution in [3.63, 3.8) is 0 Å². The van der Waals surface area contributed by atoms with Gasteiger partial charge in [-0.05, 0) is 36.8 Å². The fourth-order valence-corrected chi connectivity index (χ4v) is 3.42. The average molecular weight is 355 g/mol. The highest BCUT2D eigenvalue weighted by molar-refractivity contribution is 5.77. The first-order valence-electron chi connectivity index (χ1n) is 9.35. The first kappa shape index (κ1) is 17.2. The molecule has 0 spiro atoms. The topological polar surface area (TPSA) is 67.6 Å². The van der Waals surface area contributed by atoms with E-state index in [2.05, 4.69) is 5.10 Å². The zero-order chi connectivity index (χ0) is 17.9. The summed E-state index contributed by atoms with van der Waals surface area (Å²) in [4.78, 5) is 14.4. The van der Waals surface area contributed by atoms with Crippen LogP contribution in [-0.2, 0) is 29.2 Å². The molecule has 4 rings (SSSR count). The second-order valence-electron chi connectivity index (χ2n) is 7.21. The van der Waals surface area contributed by atoms with Crippen LogP contribution in [0.2, 0.25) is 0 Å². The number of aliphatic hydroxyl groups excluding tert-OH is 1. The van der Waals surface area contributed by atoms with E-state index in [4.69, 9.17) is 4.74 Å². The second kappa shape index (κ2) is 7.60. The summed E-state index contributed by atoms with van der Waals surface area (Å²) >= 11 is 0. The Labute approximate surface area is 153 Å². The third-order valence-electron chi connectivity index (χ3n) is 5.09. The number of benzene rings is 1. The van der Waals surface area contributed by atoms with Gasteiger partial charge in [-0.3, -0.25) is 9.48 Å². The SMILES string of the molecule is O=C(COCc1ccccc1)N1CCCn2nc([C@H](O)C3CC3)cc2C1. The molecule has 1 aliphatic carbocycles. The Kier molecular flexibility index (Phi) is 5.04. The number of fused-ring (bicyclic) bond motifs is 1. The minimum atomic E-state index is -0.465. The minimum absolute atomic E-state index is 0.000118. The number of ether oxygens (including phenoxy) is 1. The number of amides is 1. The van der Waals surface area contributed by atoms with Crippen LogP contribution in [0.4, 0.5) is 0 Å². The zero-order valence-electron chi connectivity index (χ0n) is 14.9. The van der Waals surface area contributed by atoms with Gasteiger partial charge in [0.05, 0.1) is 24.5 Å². The molecule has 1 atom stereocenters. The maximum atomic E-state index is 12.5. The van der Waals surface area contributed by atoms with Crippen molar-refractivity contribution in [3.8, 4) is 0 Å². The molecule has 2 aromatic rings. The van der Waals surface area contributed by atoms with Crippen LogP contribution in [0.25, 0.3) is 0 Å². The number of carbonyl (C=O) groups excluding carboxylic acids is 1. The molecule has 1 aromatic heterocycles. The van der Waals surface area contributed by atoms with Gasteiger partial charge in [-0.25, -0.2) is 0 Å². The largest absolute Gasteiger partial charge is 0.386 e. The molecule has 138 valence electrons. The number of nitrogens with zero attached hydrogens (tertiary/aromatic N) is 3. The van der Waals surface area contributed by atoms with E-state index in [1.165, 1.54) is 0 Å². The smallest absolute Gasteiger partial charge is 0.248 e. The molecule has 0 radical (unpaired) electrons. The van der Waals surface area contributed by atoms with E-state index in [0.717, 1.165) is 42.8 Å². The summed E-state index contributed by atoms with van der Waals surface area (Å²) in [6.07, 6.45) is 2.55. The molecule has 6 heteroatoms. The van der Waals surface area contributed by atoms with Crippen molar-refractivity contribution in [1.82, 2.24) is 14.7 Å². The van der Waals surface area contributed by atoms with Gasteiger partial charge < -0.3 is 14.7 Å². The monoisotopic (exact) mass is 355 g/mol. The number of aromatic nitrogens is 2. The molecule has 1 amide bonds. The van der Waals surface area contributed by atoms with Gasteiger partial charge in [-0.1, -0.05) is 30.3 Å². The van der Waals surface area contributed by atoms with Gasteiger partial charge in [0.15, 0.2) is 0 Å². The predicted octanol–water partition coefficient (Wildman–Crippen LogP) is 2.28. The van der Waals surface area contributed by atoms with E-state index in [0.29, 0.717) is 25.6 Å². The van der Waals surface area contributed by atoms with Crippen LogP contribution in [0.3, 0.4) is 0 Å². The van der Waals surface area contributed by atoms with E-state index < -0.39 is 6.10 Å². The summed E-state index contributed by atoms with van der Waals surface area (Å²) < 4.78 is 7.54. The summed E-state index contributed by atoms with van der Waals surface area (Å²) in [5.74, 6) is 0.359. The number of aryl methyl sites for hydroxylation is 1. The molecule has 1 aromatic carbocycles. The van der Waals surface area contributed by atoms with Gasteiger partial charge in [-0.2, -0.15) is 5.10 Å². The van der Waals surface area contributed by atoms with Crippen molar-refractivity contribution in [2.45, 2.75) is 45.1 Å². The summed E-state index contributed by atoms with van der Waals surface area (Å²) in [5, 5.41) is 14.9. The Bertz CT molecular complexity index is 755. The molecule has 2 heterocycles. The second-order valence-corrected chi connectivity index (χ2v) is 7.21. The normalized spacial score (nSPS) is 18.3. The fraction of sp³-hybridized carbons (Fsp3) is 0.500. The number of hydrogen-bond donors (Lipinski definition) is 1. The van der Waals surface area contributed by atoms with E-state index in [1.807, 2.05) is 46.0 Å². The molecule has 0 bridgehead atoms. The van der Waals surface area contributed by atoms with Crippen molar-refractivity contribution in [3.05, 3.63) is 53.3 Å².